The predicted octanol–water partition coefficient (Wildman–Crippen LogP) is 1.20. The van der Waals surface area contributed by atoms with Crippen LogP contribution in [0.15, 0.2) is 18.2 Å². The van der Waals surface area contributed by atoms with Crippen molar-refractivity contribution >= 4 is 13.3 Å². The van der Waals surface area contributed by atoms with E-state index in [2.05, 4.69) is 0 Å². The Hall–Kier alpha value is -1.13. The number of halogens is 3. The van der Waals surface area contributed by atoms with Crippen molar-refractivity contribution in [3.63, 3.8) is 0 Å². The normalized spacial score (nSPS) is 11.6. The number of aromatic hydroxyl groups is 1. The van der Waals surface area contributed by atoms with Gasteiger partial charge in [-0.25, -0.2) is 0 Å². The Kier molecular flexibility index (Phi) is 2.04. The summed E-state index contributed by atoms with van der Waals surface area (Å²) in [7, 11) is 5.07. The number of rotatable bonds is 0. The van der Waals surface area contributed by atoms with E-state index in [0.717, 1.165) is 12.1 Å². The third-order valence-corrected chi connectivity index (χ3v) is 1.35. The Balaban J connectivity index is 3.14. The van der Waals surface area contributed by atoms with Crippen LogP contribution >= 0.6 is 0 Å². The van der Waals surface area contributed by atoms with E-state index in [-0.39, 0.29) is 11.2 Å². The highest BCUT2D eigenvalue weighted by molar-refractivity contribution is 6.34. The first-order valence-corrected chi connectivity index (χ1v) is 3.07. The summed E-state index contributed by atoms with van der Waals surface area (Å²) in [6, 6.07) is 2.37. The zero-order chi connectivity index (χ0) is 9.35. The van der Waals surface area contributed by atoms with Crippen LogP contribution in [0.5, 0.6) is 5.75 Å². The number of hydrogen-bond donors (Lipinski definition) is 1. The second-order valence-corrected chi connectivity index (χ2v) is 2.27. The molecule has 1 aromatic rings. The maximum Gasteiger partial charge on any atom is 0.416 e. The maximum absolute atomic E-state index is 12.0. The second-order valence-electron chi connectivity index (χ2n) is 2.27. The molecule has 1 N–H and O–H groups in total. The Labute approximate surface area is 68.2 Å². The van der Waals surface area contributed by atoms with E-state index in [1.165, 1.54) is 0 Å². The molecule has 0 aliphatic rings. The summed E-state index contributed by atoms with van der Waals surface area (Å²) >= 11 is 0. The van der Waals surface area contributed by atoms with Gasteiger partial charge in [-0.1, -0.05) is 11.5 Å². The van der Waals surface area contributed by atoms with Gasteiger partial charge in [-0.2, -0.15) is 13.2 Å². The molecule has 0 fully saturated rings. The highest BCUT2D eigenvalue weighted by Gasteiger charge is 2.30. The topological polar surface area (TPSA) is 20.2 Å². The lowest BCUT2D eigenvalue weighted by atomic mass is 9.93. The van der Waals surface area contributed by atoms with Gasteiger partial charge in [-0.15, -0.1) is 0 Å². The fourth-order valence-corrected chi connectivity index (χ4v) is 0.731. The molecule has 2 radical (unpaired) electrons. The van der Waals surface area contributed by atoms with Crippen molar-refractivity contribution in [2.24, 2.45) is 0 Å². The third kappa shape index (κ3) is 1.72. The quantitative estimate of drug-likeness (QED) is 0.583. The monoisotopic (exact) mass is 172 g/mol. The second kappa shape index (κ2) is 2.73. The van der Waals surface area contributed by atoms with Gasteiger partial charge >= 0.3 is 6.18 Å². The molecule has 0 spiro atoms. The van der Waals surface area contributed by atoms with Crippen LogP contribution in [0.25, 0.3) is 0 Å². The van der Waals surface area contributed by atoms with Crippen molar-refractivity contribution < 1.29 is 18.3 Å². The number of phenols is 1. The highest BCUT2D eigenvalue weighted by atomic mass is 19.4. The molecule has 0 bridgehead atoms. The molecule has 62 valence electrons. The van der Waals surface area contributed by atoms with Crippen molar-refractivity contribution in [1.82, 2.24) is 0 Å². The van der Waals surface area contributed by atoms with Gasteiger partial charge in [0, 0.05) is 0 Å². The van der Waals surface area contributed by atoms with E-state index in [9.17, 15) is 13.2 Å². The largest absolute Gasteiger partial charge is 0.509 e. The molecule has 5 heteroatoms. The number of phenolic OH excluding ortho intramolecular Hbond substituents is 1. The molecule has 0 aromatic heterocycles. The number of benzene rings is 1. The van der Waals surface area contributed by atoms with E-state index < -0.39 is 11.7 Å². The molecule has 0 heterocycles. The van der Waals surface area contributed by atoms with Crippen LogP contribution in [0.1, 0.15) is 5.56 Å². The van der Waals surface area contributed by atoms with Crippen LogP contribution in [0.3, 0.4) is 0 Å². The molecule has 0 atom stereocenters. The first kappa shape index (κ1) is 8.97. The molecular weight excluding hydrogens is 168 g/mol. The van der Waals surface area contributed by atoms with Crippen LogP contribution < -0.4 is 5.46 Å². The fourth-order valence-electron chi connectivity index (χ4n) is 0.731. The summed E-state index contributed by atoms with van der Waals surface area (Å²) in [4.78, 5) is 0. The smallest absolute Gasteiger partial charge is 0.416 e. The minimum Gasteiger partial charge on any atom is -0.509 e. The molecule has 0 aliphatic heterocycles. The van der Waals surface area contributed by atoms with E-state index >= 15 is 0 Å². The van der Waals surface area contributed by atoms with Gasteiger partial charge in [-0.3, -0.25) is 0 Å². The average molecular weight is 172 g/mol. The van der Waals surface area contributed by atoms with Gasteiger partial charge in [0.1, 0.15) is 13.6 Å². The third-order valence-electron chi connectivity index (χ3n) is 1.35. The fraction of sp³-hybridized carbons (Fsp3) is 0.143. The van der Waals surface area contributed by atoms with Gasteiger partial charge in [0.25, 0.3) is 0 Å². The number of alkyl halides is 3. The molecule has 1 nitrogen and oxygen atoms in total. The molecule has 0 saturated carbocycles. The molecule has 1 rings (SSSR count). The van der Waals surface area contributed by atoms with Crippen LogP contribution in [0, 0.1) is 0 Å². The molecule has 0 amide bonds. The van der Waals surface area contributed by atoms with Crippen LogP contribution in [0.4, 0.5) is 13.2 Å². The first-order chi connectivity index (χ1) is 5.41. The highest BCUT2D eigenvalue weighted by Crippen LogP contribution is 2.29. The first-order valence-electron chi connectivity index (χ1n) is 3.07. The molecular formula is C7H4BF3O. The summed E-state index contributed by atoms with van der Waals surface area (Å²) in [5.41, 5.74) is -1.14. The Morgan fingerprint density at radius 2 is 1.83 bits per heavy atom. The molecule has 1 aromatic carbocycles. The minimum absolute atomic E-state index is 0.273. The summed E-state index contributed by atoms with van der Waals surface area (Å²) in [6.07, 6.45) is -4.41. The van der Waals surface area contributed by atoms with Crippen LogP contribution in [-0.2, 0) is 6.18 Å². The van der Waals surface area contributed by atoms with Crippen molar-refractivity contribution in [3.8, 4) is 5.75 Å². The van der Waals surface area contributed by atoms with Crippen LogP contribution in [-0.4, -0.2) is 13.0 Å². The van der Waals surface area contributed by atoms with Gasteiger partial charge in [-0.05, 0) is 12.1 Å². The molecule has 0 saturated heterocycles. The van der Waals surface area contributed by atoms with Crippen molar-refractivity contribution in [3.05, 3.63) is 23.8 Å². The Morgan fingerprint density at radius 3 is 2.25 bits per heavy atom. The number of hydrogen-bond acceptors (Lipinski definition) is 1. The van der Waals surface area contributed by atoms with E-state index in [0.29, 0.717) is 6.07 Å². The van der Waals surface area contributed by atoms with Crippen molar-refractivity contribution in [2.75, 3.05) is 0 Å². The minimum atomic E-state index is -4.41. The van der Waals surface area contributed by atoms with E-state index in [1.54, 1.807) is 0 Å². The SMILES string of the molecule is [B]c1cc(C(F)(F)F)ccc1O. The van der Waals surface area contributed by atoms with Gasteiger partial charge in [0.2, 0.25) is 0 Å². The van der Waals surface area contributed by atoms with Gasteiger partial charge in [0.05, 0.1) is 5.56 Å². The molecule has 12 heavy (non-hydrogen) atoms. The van der Waals surface area contributed by atoms with Gasteiger partial charge < -0.3 is 5.11 Å². The summed E-state index contributed by atoms with van der Waals surface area (Å²) in [5, 5.41) is 8.82. The maximum atomic E-state index is 12.0. The van der Waals surface area contributed by atoms with Crippen molar-refractivity contribution in [1.29, 1.82) is 0 Å². The lowest BCUT2D eigenvalue weighted by molar-refractivity contribution is -0.137. The van der Waals surface area contributed by atoms with E-state index in [1.807, 2.05) is 0 Å². The average Bonchev–Trinajstić information content (AvgIpc) is 1.92. The lowest BCUT2D eigenvalue weighted by Crippen LogP contribution is -2.11. The summed E-state index contributed by atoms with van der Waals surface area (Å²) in [5.74, 6) is -0.344. The summed E-state index contributed by atoms with van der Waals surface area (Å²) < 4.78 is 35.9. The standard InChI is InChI=1S/C7H4BF3O/c8-5-3-4(7(9,10)11)1-2-6(5)12/h1-3,12H. The zero-order valence-corrected chi connectivity index (χ0v) is 5.89. The summed E-state index contributed by atoms with van der Waals surface area (Å²) in [6.45, 7) is 0. The molecule has 0 aliphatic carbocycles. The predicted molar refractivity (Wildman–Crippen MR) is 38.5 cm³/mol. The lowest BCUT2D eigenvalue weighted by Gasteiger charge is -2.07. The zero-order valence-electron chi connectivity index (χ0n) is 5.89. The van der Waals surface area contributed by atoms with E-state index in [4.69, 9.17) is 13.0 Å². The van der Waals surface area contributed by atoms with Gasteiger partial charge in [0.15, 0.2) is 0 Å². The Bertz CT molecular complexity index is 295. The Morgan fingerprint density at radius 1 is 1.25 bits per heavy atom. The van der Waals surface area contributed by atoms with Crippen molar-refractivity contribution in [2.45, 2.75) is 6.18 Å². The molecule has 0 unspecified atom stereocenters. The van der Waals surface area contributed by atoms with Crippen LogP contribution in [0.2, 0.25) is 0 Å².